The van der Waals surface area contributed by atoms with Gasteiger partial charge in [0, 0.05) is 5.54 Å². The molecule has 2 rings (SSSR count). The Morgan fingerprint density at radius 1 is 1.31 bits per heavy atom. The summed E-state index contributed by atoms with van der Waals surface area (Å²) in [6.07, 6.45) is 6.82. The molecule has 3 N–H and O–H groups in total. The molecule has 78 valence electrons. The number of aliphatic hydroxyl groups is 1. The Morgan fingerprint density at radius 3 is 2.15 bits per heavy atom. The van der Waals surface area contributed by atoms with Crippen LogP contribution in [0, 0.1) is 5.41 Å². The fourth-order valence-electron chi connectivity index (χ4n) is 3.28. The van der Waals surface area contributed by atoms with Crippen molar-refractivity contribution >= 4 is 12.4 Å². The van der Waals surface area contributed by atoms with Gasteiger partial charge in [-0.1, -0.05) is 0 Å². The molecule has 2 bridgehead atoms. The van der Waals surface area contributed by atoms with E-state index in [1.54, 1.807) is 0 Å². The first-order valence-corrected chi connectivity index (χ1v) is 5.01. The Bertz CT molecular complexity index is 185. The van der Waals surface area contributed by atoms with Gasteiger partial charge in [-0.3, -0.25) is 0 Å². The van der Waals surface area contributed by atoms with Gasteiger partial charge < -0.3 is 10.8 Å². The second-order valence-electron chi connectivity index (χ2n) is 5.09. The van der Waals surface area contributed by atoms with Gasteiger partial charge in [0.1, 0.15) is 0 Å². The first kappa shape index (κ1) is 11.3. The van der Waals surface area contributed by atoms with Crippen LogP contribution >= 0.6 is 12.4 Å². The molecule has 2 fully saturated rings. The summed E-state index contributed by atoms with van der Waals surface area (Å²) in [7, 11) is 0. The minimum Gasteiger partial charge on any atom is -0.393 e. The van der Waals surface area contributed by atoms with Crippen LogP contribution in [0.3, 0.4) is 0 Å². The summed E-state index contributed by atoms with van der Waals surface area (Å²) >= 11 is 0. The van der Waals surface area contributed by atoms with Crippen molar-refractivity contribution in [3.8, 4) is 0 Å². The number of fused-ring (bicyclic) bond motifs is 2. The number of hydrogen-bond acceptors (Lipinski definition) is 2. The first-order chi connectivity index (χ1) is 5.54. The van der Waals surface area contributed by atoms with Gasteiger partial charge in [-0.05, 0) is 50.9 Å². The summed E-state index contributed by atoms with van der Waals surface area (Å²) in [6, 6.07) is 0. The standard InChI is InChI=1S/C10H19NO.ClH/c1-8(12)6-9-2-4-10(11,7-9)5-3-9;/h8,12H,2-7,11H2,1H3;1H. The van der Waals surface area contributed by atoms with Crippen molar-refractivity contribution in [1.29, 1.82) is 0 Å². The van der Waals surface area contributed by atoms with Crippen LogP contribution in [0.2, 0.25) is 0 Å². The van der Waals surface area contributed by atoms with E-state index >= 15 is 0 Å². The molecule has 2 saturated carbocycles. The summed E-state index contributed by atoms with van der Waals surface area (Å²) < 4.78 is 0. The van der Waals surface area contributed by atoms with Crippen LogP contribution < -0.4 is 5.73 Å². The molecule has 2 aliphatic carbocycles. The molecule has 0 aromatic carbocycles. The van der Waals surface area contributed by atoms with E-state index in [1.165, 1.54) is 25.7 Å². The van der Waals surface area contributed by atoms with Crippen molar-refractivity contribution in [1.82, 2.24) is 0 Å². The van der Waals surface area contributed by atoms with E-state index in [4.69, 9.17) is 5.73 Å². The molecule has 2 aliphatic rings. The van der Waals surface area contributed by atoms with Crippen molar-refractivity contribution in [2.45, 2.75) is 57.1 Å². The topological polar surface area (TPSA) is 46.2 Å². The number of hydrogen-bond donors (Lipinski definition) is 2. The van der Waals surface area contributed by atoms with Gasteiger partial charge in [0.2, 0.25) is 0 Å². The molecule has 0 aliphatic heterocycles. The van der Waals surface area contributed by atoms with E-state index in [0.717, 1.165) is 12.8 Å². The average molecular weight is 206 g/mol. The van der Waals surface area contributed by atoms with Crippen molar-refractivity contribution in [2.75, 3.05) is 0 Å². The molecule has 0 radical (unpaired) electrons. The monoisotopic (exact) mass is 205 g/mol. The van der Waals surface area contributed by atoms with Gasteiger partial charge in [0.15, 0.2) is 0 Å². The Labute approximate surface area is 86.3 Å². The molecule has 0 amide bonds. The van der Waals surface area contributed by atoms with Gasteiger partial charge in [-0.2, -0.15) is 0 Å². The maximum Gasteiger partial charge on any atom is 0.0517 e. The van der Waals surface area contributed by atoms with E-state index in [0.29, 0.717) is 5.41 Å². The maximum atomic E-state index is 9.37. The quantitative estimate of drug-likeness (QED) is 0.723. The van der Waals surface area contributed by atoms with E-state index in [9.17, 15) is 5.11 Å². The van der Waals surface area contributed by atoms with Crippen molar-refractivity contribution < 1.29 is 5.11 Å². The molecule has 0 heterocycles. The van der Waals surface area contributed by atoms with Crippen LogP contribution in [-0.4, -0.2) is 16.7 Å². The maximum absolute atomic E-state index is 9.37. The summed E-state index contributed by atoms with van der Waals surface area (Å²) in [4.78, 5) is 0. The van der Waals surface area contributed by atoms with Crippen LogP contribution in [0.5, 0.6) is 0 Å². The van der Waals surface area contributed by atoms with Gasteiger partial charge in [0.05, 0.1) is 6.10 Å². The van der Waals surface area contributed by atoms with Crippen LogP contribution in [0.1, 0.15) is 45.4 Å². The normalized spacial score (nSPS) is 44.5. The van der Waals surface area contributed by atoms with Crippen LogP contribution in [0.25, 0.3) is 0 Å². The zero-order valence-electron chi connectivity index (χ0n) is 8.25. The van der Waals surface area contributed by atoms with Crippen LogP contribution in [-0.2, 0) is 0 Å². The molecule has 0 spiro atoms. The lowest BCUT2D eigenvalue weighted by Gasteiger charge is -2.27. The van der Waals surface area contributed by atoms with E-state index in [2.05, 4.69) is 0 Å². The highest BCUT2D eigenvalue weighted by Gasteiger charge is 2.52. The third kappa shape index (κ3) is 2.00. The molecular formula is C10H20ClNO. The molecule has 1 atom stereocenters. The highest BCUT2D eigenvalue weighted by Crippen LogP contribution is 2.57. The minimum atomic E-state index is -0.148. The molecule has 2 nitrogen and oxygen atoms in total. The lowest BCUT2D eigenvalue weighted by Crippen LogP contribution is -2.33. The summed E-state index contributed by atoms with van der Waals surface area (Å²) in [6.45, 7) is 1.89. The highest BCUT2D eigenvalue weighted by atomic mass is 35.5. The van der Waals surface area contributed by atoms with Crippen LogP contribution in [0.4, 0.5) is 0 Å². The molecule has 1 unspecified atom stereocenters. The zero-order chi connectivity index (χ0) is 8.82. The van der Waals surface area contributed by atoms with E-state index in [1.807, 2.05) is 6.92 Å². The van der Waals surface area contributed by atoms with Gasteiger partial charge >= 0.3 is 0 Å². The SMILES string of the molecule is CC(O)CC12CCC(N)(CC1)C2.Cl. The van der Waals surface area contributed by atoms with Gasteiger partial charge in [0.25, 0.3) is 0 Å². The van der Waals surface area contributed by atoms with Crippen molar-refractivity contribution in [3.05, 3.63) is 0 Å². The predicted molar refractivity (Wildman–Crippen MR) is 56.0 cm³/mol. The Morgan fingerprint density at radius 2 is 1.85 bits per heavy atom. The summed E-state index contributed by atoms with van der Waals surface area (Å²) in [5.74, 6) is 0. The number of rotatable bonds is 2. The molecular weight excluding hydrogens is 186 g/mol. The Balaban J connectivity index is 0.000000845. The molecule has 0 aromatic heterocycles. The van der Waals surface area contributed by atoms with Crippen molar-refractivity contribution in [3.63, 3.8) is 0 Å². The lowest BCUT2D eigenvalue weighted by atomic mass is 9.79. The molecule has 0 aromatic rings. The molecule has 13 heavy (non-hydrogen) atoms. The summed E-state index contributed by atoms with van der Waals surface area (Å²) in [5.41, 5.74) is 6.75. The smallest absolute Gasteiger partial charge is 0.0517 e. The van der Waals surface area contributed by atoms with Gasteiger partial charge in [-0.25, -0.2) is 0 Å². The zero-order valence-corrected chi connectivity index (χ0v) is 9.07. The number of nitrogens with two attached hydrogens (primary N) is 1. The predicted octanol–water partition coefficient (Wildman–Crippen LogP) is 1.84. The van der Waals surface area contributed by atoms with Crippen molar-refractivity contribution in [2.24, 2.45) is 11.1 Å². The second-order valence-corrected chi connectivity index (χ2v) is 5.09. The molecule has 0 saturated heterocycles. The first-order valence-electron chi connectivity index (χ1n) is 5.01. The Kier molecular flexibility index (Phi) is 2.96. The minimum absolute atomic E-state index is 0. The number of halogens is 1. The Hall–Kier alpha value is 0.210. The third-order valence-electron chi connectivity index (χ3n) is 3.76. The molecule has 3 heteroatoms. The third-order valence-corrected chi connectivity index (χ3v) is 3.76. The number of aliphatic hydroxyl groups excluding tert-OH is 1. The van der Waals surface area contributed by atoms with Crippen LogP contribution in [0.15, 0.2) is 0 Å². The largest absolute Gasteiger partial charge is 0.393 e. The van der Waals surface area contributed by atoms with Gasteiger partial charge in [-0.15, -0.1) is 12.4 Å². The average Bonchev–Trinajstić information content (AvgIpc) is 2.39. The lowest BCUT2D eigenvalue weighted by molar-refractivity contribution is 0.114. The highest BCUT2D eigenvalue weighted by molar-refractivity contribution is 5.85. The fourth-order valence-corrected chi connectivity index (χ4v) is 3.28. The van der Waals surface area contributed by atoms with E-state index in [-0.39, 0.29) is 24.0 Å². The second kappa shape index (κ2) is 3.41. The summed E-state index contributed by atoms with van der Waals surface area (Å²) in [5, 5.41) is 9.37. The fraction of sp³-hybridized carbons (Fsp3) is 1.00. The van der Waals surface area contributed by atoms with E-state index < -0.39 is 0 Å².